The lowest BCUT2D eigenvalue weighted by Crippen LogP contribution is -2.06. The molecule has 0 fully saturated rings. The van der Waals surface area contributed by atoms with Gasteiger partial charge >= 0.3 is 0 Å². The summed E-state index contributed by atoms with van der Waals surface area (Å²) < 4.78 is 1.81. The van der Waals surface area contributed by atoms with Gasteiger partial charge in [-0.05, 0) is 35.9 Å². The molecule has 2 aromatic heterocycles. The maximum Gasteiger partial charge on any atom is 0.278 e. The van der Waals surface area contributed by atoms with Crippen LogP contribution < -0.4 is 5.32 Å². The predicted octanol–water partition coefficient (Wildman–Crippen LogP) is 3.94. The van der Waals surface area contributed by atoms with Crippen molar-refractivity contribution in [2.45, 2.75) is 6.54 Å². The van der Waals surface area contributed by atoms with Gasteiger partial charge in [-0.2, -0.15) is 5.10 Å². The van der Waals surface area contributed by atoms with E-state index >= 15 is 0 Å². The summed E-state index contributed by atoms with van der Waals surface area (Å²) in [5.74, 6) is 0. The minimum absolute atomic E-state index is 0.0515. The van der Waals surface area contributed by atoms with Crippen LogP contribution >= 0.6 is 0 Å². The highest BCUT2D eigenvalue weighted by atomic mass is 16.6. The Kier molecular flexibility index (Phi) is 4.03. The monoisotopic (exact) mass is 345 g/mol. The van der Waals surface area contributed by atoms with Crippen LogP contribution in [0.3, 0.4) is 0 Å². The van der Waals surface area contributed by atoms with Gasteiger partial charge < -0.3 is 5.32 Å². The van der Waals surface area contributed by atoms with Crippen molar-refractivity contribution >= 4 is 22.3 Å². The number of rotatable bonds is 5. The topological polar surface area (TPSA) is 85.9 Å². The van der Waals surface area contributed by atoms with Crippen molar-refractivity contribution in [3.63, 3.8) is 0 Å². The van der Waals surface area contributed by atoms with Crippen LogP contribution in [0.2, 0.25) is 0 Å². The number of anilines is 1. The van der Waals surface area contributed by atoms with Crippen molar-refractivity contribution in [3.05, 3.63) is 88.9 Å². The number of aromatic nitrogens is 3. The van der Waals surface area contributed by atoms with Crippen LogP contribution in [0.25, 0.3) is 16.6 Å². The van der Waals surface area contributed by atoms with E-state index in [9.17, 15) is 10.1 Å². The van der Waals surface area contributed by atoms with E-state index in [0.717, 1.165) is 16.9 Å². The maximum atomic E-state index is 11.2. The molecule has 0 aliphatic rings. The van der Waals surface area contributed by atoms with Crippen LogP contribution in [0.1, 0.15) is 5.56 Å². The highest BCUT2D eigenvalue weighted by Gasteiger charge is 2.15. The van der Waals surface area contributed by atoms with Gasteiger partial charge in [0, 0.05) is 31.2 Å². The minimum Gasteiger partial charge on any atom is -0.379 e. The fourth-order valence-corrected chi connectivity index (χ4v) is 2.95. The molecule has 7 nitrogen and oxygen atoms in total. The first-order chi connectivity index (χ1) is 12.7. The van der Waals surface area contributed by atoms with E-state index in [1.807, 2.05) is 41.2 Å². The molecule has 0 saturated heterocycles. The van der Waals surface area contributed by atoms with Crippen LogP contribution in [0.15, 0.2) is 73.2 Å². The first-order valence-corrected chi connectivity index (χ1v) is 8.08. The lowest BCUT2D eigenvalue weighted by Gasteiger charge is -2.13. The fourth-order valence-electron chi connectivity index (χ4n) is 2.95. The number of non-ortho nitro benzene ring substituents is 1. The Labute approximate surface area is 149 Å². The molecule has 0 bridgehead atoms. The normalized spacial score (nSPS) is 10.8. The molecule has 0 amide bonds. The number of pyridine rings is 1. The smallest absolute Gasteiger partial charge is 0.278 e. The SMILES string of the molecule is O=[N+]([O-])c1ccc(NCc2ccccc2-n2cccn2)c2ncccc12. The Bertz CT molecular complexity index is 1080. The van der Waals surface area contributed by atoms with E-state index in [0.29, 0.717) is 17.4 Å². The number of nitro benzene ring substituents is 1. The number of nitro groups is 1. The molecule has 0 atom stereocenters. The van der Waals surface area contributed by atoms with Crippen LogP contribution in [-0.4, -0.2) is 19.7 Å². The Balaban J connectivity index is 1.68. The number of nitrogens with zero attached hydrogens (tertiary/aromatic N) is 4. The number of para-hydroxylation sites is 1. The molecule has 0 unspecified atom stereocenters. The molecular weight excluding hydrogens is 330 g/mol. The molecule has 4 aromatic rings. The Hall–Kier alpha value is -3.74. The van der Waals surface area contributed by atoms with Gasteiger partial charge in [0.15, 0.2) is 0 Å². The zero-order valence-electron chi connectivity index (χ0n) is 13.7. The molecule has 0 spiro atoms. The van der Waals surface area contributed by atoms with Crippen molar-refractivity contribution in [1.82, 2.24) is 14.8 Å². The third-order valence-corrected chi connectivity index (χ3v) is 4.16. The lowest BCUT2D eigenvalue weighted by atomic mass is 10.1. The molecule has 7 heteroatoms. The molecular formula is C19H15N5O2. The Morgan fingerprint density at radius 2 is 1.92 bits per heavy atom. The van der Waals surface area contributed by atoms with Gasteiger partial charge in [0.1, 0.15) is 5.52 Å². The Morgan fingerprint density at radius 3 is 2.73 bits per heavy atom. The third-order valence-electron chi connectivity index (χ3n) is 4.16. The third kappa shape index (κ3) is 2.86. The zero-order chi connectivity index (χ0) is 17.9. The summed E-state index contributed by atoms with van der Waals surface area (Å²) >= 11 is 0. The van der Waals surface area contributed by atoms with E-state index in [4.69, 9.17) is 0 Å². The summed E-state index contributed by atoms with van der Waals surface area (Å²) in [6.45, 7) is 0.541. The standard InChI is InChI=1S/C19H15N5O2/c25-24(26)18-9-8-16(19-15(18)6-3-10-20-19)21-13-14-5-1-2-7-17(14)23-12-4-11-22-23/h1-12,21H,13H2. The van der Waals surface area contributed by atoms with Crippen molar-refractivity contribution in [2.24, 2.45) is 0 Å². The van der Waals surface area contributed by atoms with Gasteiger partial charge in [0.05, 0.1) is 21.7 Å². The number of nitrogens with one attached hydrogen (secondary N) is 1. The van der Waals surface area contributed by atoms with Crippen LogP contribution in [0.4, 0.5) is 11.4 Å². The summed E-state index contributed by atoms with van der Waals surface area (Å²) in [6.07, 6.45) is 5.26. The van der Waals surface area contributed by atoms with Gasteiger partial charge in [-0.15, -0.1) is 0 Å². The van der Waals surface area contributed by atoms with E-state index in [2.05, 4.69) is 15.4 Å². The molecule has 0 aliphatic heterocycles. The average Bonchev–Trinajstić information content (AvgIpc) is 3.20. The maximum absolute atomic E-state index is 11.2. The number of benzene rings is 2. The highest BCUT2D eigenvalue weighted by Crippen LogP contribution is 2.30. The largest absolute Gasteiger partial charge is 0.379 e. The second kappa shape index (κ2) is 6.64. The van der Waals surface area contributed by atoms with Gasteiger partial charge in [-0.25, -0.2) is 4.68 Å². The predicted molar refractivity (Wildman–Crippen MR) is 99.3 cm³/mol. The van der Waals surface area contributed by atoms with Crippen molar-refractivity contribution < 1.29 is 4.92 Å². The van der Waals surface area contributed by atoms with E-state index in [1.54, 1.807) is 30.6 Å². The molecule has 0 saturated carbocycles. The first kappa shape index (κ1) is 15.8. The Morgan fingerprint density at radius 1 is 1.04 bits per heavy atom. The molecule has 0 radical (unpaired) electrons. The van der Waals surface area contributed by atoms with Gasteiger partial charge in [0.2, 0.25) is 0 Å². The second-order valence-corrected chi connectivity index (χ2v) is 5.72. The second-order valence-electron chi connectivity index (χ2n) is 5.72. The average molecular weight is 345 g/mol. The molecule has 0 aliphatic carbocycles. The molecule has 2 heterocycles. The molecule has 128 valence electrons. The summed E-state index contributed by atoms with van der Waals surface area (Å²) in [5.41, 5.74) is 3.41. The van der Waals surface area contributed by atoms with Crippen LogP contribution in [0, 0.1) is 10.1 Å². The lowest BCUT2D eigenvalue weighted by molar-refractivity contribution is -0.383. The summed E-state index contributed by atoms with van der Waals surface area (Å²) in [4.78, 5) is 15.2. The fraction of sp³-hybridized carbons (Fsp3) is 0.0526. The molecule has 2 aromatic carbocycles. The number of fused-ring (bicyclic) bond motifs is 1. The van der Waals surface area contributed by atoms with Gasteiger partial charge in [-0.1, -0.05) is 18.2 Å². The summed E-state index contributed by atoms with van der Waals surface area (Å²) in [7, 11) is 0. The van der Waals surface area contributed by atoms with Crippen molar-refractivity contribution in [3.8, 4) is 5.69 Å². The van der Waals surface area contributed by atoms with E-state index < -0.39 is 0 Å². The van der Waals surface area contributed by atoms with Gasteiger partial charge in [-0.3, -0.25) is 15.1 Å². The van der Waals surface area contributed by atoms with Gasteiger partial charge in [0.25, 0.3) is 5.69 Å². The summed E-state index contributed by atoms with van der Waals surface area (Å²) in [6, 6.07) is 16.4. The molecule has 4 rings (SSSR count). The van der Waals surface area contributed by atoms with E-state index in [-0.39, 0.29) is 10.6 Å². The summed E-state index contributed by atoms with van der Waals surface area (Å²) in [5, 5.41) is 19.4. The first-order valence-electron chi connectivity index (χ1n) is 8.08. The van der Waals surface area contributed by atoms with Crippen molar-refractivity contribution in [1.29, 1.82) is 0 Å². The highest BCUT2D eigenvalue weighted by molar-refractivity contribution is 5.96. The van der Waals surface area contributed by atoms with Crippen molar-refractivity contribution in [2.75, 3.05) is 5.32 Å². The molecule has 26 heavy (non-hydrogen) atoms. The minimum atomic E-state index is -0.388. The van der Waals surface area contributed by atoms with Crippen LogP contribution in [-0.2, 0) is 6.54 Å². The molecule has 1 N–H and O–H groups in total. The van der Waals surface area contributed by atoms with E-state index in [1.165, 1.54) is 6.07 Å². The number of hydrogen-bond acceptors (Lipinski definition) is 5. The quantitative estimate of drug-likeness (QED) is 0.437. The number of hydrogen-bond donors (Lipinski definition) is 1. The van der Waals surface area contributed by atoms with Crippen LogP contribution in [0.5, 0.6) is 0 Å². The zero-order valence-corrected chi connectivity index (χ0v) is 13.7.